The number of rotatable bonds is 4. The molecule has 2 saturated heterocycles. The van der Waals surface area contributed by atoms with E-state index < -0.39 is 0 Å². The second-order valence-corrected chi connectivity index (χ2v) is 7.42. The number of nitrogens with zero attached hydrogens (tertiary/aromatic N) is 5. The van der Waals surface area contributed by atoms with Gasteiger partial charge in [0.15, 0.2) is 0 Å². The highest BCUT2D eigenvalue weighted by Crippen LogP contribution is 2.23. The Hall–Kier alpha value is -1.92. The van der Waals surface area contributed by atoms with E-state index in [-0.39, 0.29) is 17.7 Å². The van der Waals surface area contributed by atoms with Crippen molar-refractivity contribution in [3.05, 3.63) is 11.6 Å². The number of hydrogen-bond donors (Lipinski definition) is 0. The summed E-state index contributed by atoms with van der Waals surface area (Å²) in [5.41, 5.74) is 0. The topological polar surface area (TPSA) is 71.3 Å². The van der Waals surface area contributed by atoms with Crippen molar-refractivity contribution in [1.29, 1.82) is 0 Å². The Morgan fingerprint density at radius 3 is 2.28 bits per heavy atom. The van der Waals surface area contributed by atoms with E-state index in [1.54, 1.807) is 0 Å². The summed E-state index contributed by atoms with van der Waals surface area (Å²) in [6.07, 6.45) is 3.83. The van der Waals surface area contributed by atoms with Crippen LogP contribution in [-0.2, 0) is 16.1 Å². The molecule has 2 amide bonds. The van der Waals surface area contributed by atoms with Gasteiger partial charge in [-0.05, 0) is 39.5 Å². The van der Waals surface area contributed by atoms with E-state index >= 15 is 0 Å². The highest BCUT2D eigenvalue weighted by atomic mass is 16.2. The molecular formula is C18H29N5O2. The fraction of sp³-hybridized carbons (Fsp3) is 0.778. The minimum Gasteiger partial charge on any atom is -0.342 e. The van der Waals surface area contributed by atoms with E-state index in [2.05, 4.69) is 10.1 Å². The zero-order valence-electron chi connectivity index (χ0n) is 15.6. The van der Waals surface area contributed by atoms with Gasteiger partial charge in [0.1, 0.15) is 11.6 Å². The summed E-state index contributed by atoms with van der Waals surface area (Å²) in [4.78, 5) is 33.4. The number of aryl methyl sites for hydroxylation is 2. The summed E-state index contributed by atoms with van der Waals surface area (Å²) in [5, 5.41) is 4.34. The number of carbonyl (C=O) groups excluding carboxylic acids is 2. The predicted octanol–water partition coefficient (Wildman–Crippen LogP) is 1.39. The van der Waals surface area contributed by atoms with Crippen LogP contribution in [0.25, 0.3) is 0 Å². The fourth-order valence-corrected chi connectivity index (χ4v) is 3.93. The number of hydrogen-bond acceptors (Lipinski definition) is 4. The molecule has 1 aromatic heterocycles. The summed E-state index contributed by atoms with van der Waals surface area (Å²) in [7, 11) is 0. The normalized spacial score (nSPS) is 20.1. The van der Waals surface area contributed by atoms with Crippen molar-refractivity contribution in [2.24, 2.45) is 11.8 Å². The van der Waals surface area contributed by atoms with Gasteiger partial charge in [-0.15, -0.1) is 0 Å². The van der Waals surface area contributed by atoms with Crippen molar-refractivity contribution < 1.29 is 9.59 Å². The third kappa shape index (κ3) is 4.02. The zero-order valence-corrected chi connectivity index (χ0v) is 15.6. The van der Waals surface area contributed by atoms with Gasteiger partial charge in [-0.1, -0.05) is 6.92 Å². The Labute approximate surface area is 149 Å². The summed E-state index contributed by atoms with van der Waals surface area (Å²) in [6.45, 7) is 9.45. The van der Waals surface area contributed by atoms with Crippen molar-refractivity contribution in [2.45, 2.75) is 53.0 Å². The third-order valence-electron chi connectivity index (χ3n) is 5.40. The summed E-state index contributed by atoms with van der Waals surface area (Å²) >= 11 is 0. The van der Waals surface area contributed by atoms with E-state index in [9.17, 15) is 9.59 Å². The molecule has 7 nitrogen and oxygen atoms in total. The van der Waals surface area contributed by atoms with Crippen LogP contribution in [0, 0.1) is 25.7 Å². The van der Waals surface area contributed by atoms with Crippen LogP contribution in [0.15, 0.2) is 0 Å². The van der Waals surface area contributed by atoms with Crippen LogP contribution in [0.4, 0.5) is 0 Å². The smallest absolute Gasteiger partial charge is 0.227 e. The maximum absolute atomic E-state index is 12.7. The summed E-state index contributed by atoms with van der Waals surface area (Å²) in [6, 6.07) is 0. The van der Waals surface area contributed by atoms with E-state index in [1.165, 1.54) is 0 Å². The van der Waals surface area contributed by atoms with E-state index in [0.29, 0.717) is 25.5 Å². The molecule has 25 heavy (non-hydrogen) atoms. The Morgan fingerprint density at radius 1 is 1.08 bits per heavy atom. The van der Waals surface area contributed by atoms with Crippen molar-refractivity contribution >= 4 is 11.8 Å². The molecule has 7 heteroatoms. The third-order valence-corrected chi connectivity index (χ3v) is 5.40. The maximum Gasteiger partial charge on any atom is 0.227 e. The van der Waals surface area contributed by atoms with Gasteiger partial charge in [-0.25, -0.2) is 9.67 Å². The first kappa shape index (κ1) is 17.9. The molecule has 2 fully saturated rings. The molecule has 138 valence electrons. The predicted molar refractivity (Wildman–Crippen MR) is 93.8 cm³/mol. The standard InChI is InChI=1S/C18H29N5O2/c1-13(12-23-15(3)19-14(2)20-23)17(24)22-10-6-16(7-11-22)18(25)21-8-4-5-9-21/h13,16H,4-12H2,1-3H3. The van der Waals surface area contributed by atoms with Crippen LogP contribution in [0.1, 0.15) is 44.3 Å². The van der Waals surface area contributed by atoms with Crippen molar-refractivity contribution in [1.82, 2.24) is 24.6 Å². The molecule has 0 aliphatic carbocycles. The molecule has 1 unspecified atom stereocenters. The van der Waals surface area contributed by atoms with E-state index in [0.717, 1.165) is 50.4 Å². The van der Waals surface area contributed by atoms with Crippen LogP contribution in [0.3, 0.4) is 0 Å². The van der Waals surface area contributed by atoms with Crippen molar-refractivity contribution in [3.8, 4) is 0 Å². The van der Waals surface area contributed by atoms with Crippen molar-refractivity contribution in [3.63, 3.8) is 0 Å². The van der Waals surface area contributed by atoms with Crippen LogP contribution in [0.5, 0.6) is 0 Å². The lowest BCUT2D eigenvalue weighted by molar-refractivity contribution is -0.142. The summed E-state index contributed by atoms with van der Waals surface area (Å²) in [5.74, 6) is 1.99. The molecule has 3 rings (SSSR count). The second kappa shape index (κ2) is 7.54. The Bertz CT molecular complexity index is 627. The van der Waals surface area contributed by atoms with Crippen LogP contribution >= 0.6 is 0 Å². The molecule has 0 spiro atoms. The van der Waals surface area contributed by atoms with Gasteiger partial charge >= 0.3 is 0 Å². The molecule has 2 aliphatic rings. The van der Waals surface area contributed by atoms with Gasteiger partial charge in [-0.2, -0.15) is 5.10 Å². The van der Waals surface area contributed by atoms with E-state index in [1.807, 2.05) is 35.3 Å². The van der Waals surface area contributed by atoms with E-state index in [4.69, 9.17) is 0 Å². The minimum atomic E-state index is -0.134. The fourth-order valence-electron chi connectivity index (χ4n) is 3.93. The molecular weight excluding hydrogens is 318 g/mol. The molecule has 1 atom stereocenters. The average Bonchev–Trinajstić information content (AvgIpc) is 3.24. The Kier molecular flexibility index (Phi) is 5.39. The number of likely N-dealkylation sites (tertiary alicyclic amines) is 2. The maximum atomic E-state index is 12.7. The van der Waals surface area contributed by atoms with Gasteiger partial charge in [0.25, 0.3) is 0 Å². The van der Waals surface area contributed by atoms with Crippen LogP contribution < -0.4 is 0 Å². The Balaban J connectivity index is 1.50. The monoisotopic (exact) mass is 347 g/mol. The van der Waals surface area contributed by atoms with Gasteiger partial charge < -0.3 is 9.80 Å². The number of carbonyl (C=O) groups is 2. The SMILES string of the molecule is Cc1nc(C)n(CC(C)C(=O)N2CCC(C(=O)N3CCCC3)CC2)n1. The number of amides is 2. The first-order valence-electron chi connectivity index (χ1n) is 9.41. The molecule has 2 aliphatic heterocycles. The molecule has 3 heterocycles. The quantitative estimate of drug-likeness (QED) is 0.825. The number of aromatic nitrogens is 3. The van der Waals surface area contributed by atoms with Crippen molar-refractivity contribution in [2.75, 3.05) is 26.2 Å². The average molecular weight is 347 g/mol. The van der Waals surface area contributed by atoms with Gasteiger partial charge in [0, 0.05) is 32.1 Å². The second-order valence-electron chi connectivity index (χ2n) is 7.42. The zero-order chi connectivity index (χ0) is 18.0. The van der Waals surface area contributed by atoms with Gasteiger partial charge in [0.2, 0.25) is 11.8 Å². The number of piperidine rings is 1. The van der Waals surface area contributed by atoms with Gasteiger partial charge in [-0.3, -0.25) is 9.59 Å². The highest BCUT2D eigenvalue weighted by Gasteiger charge is 2.32. The first-order valence-corrected chi connectivity index (χ1v) is 9.41. The van der Waals surface area contributed by atoms with Crippen LogP contribution in [0.2, 0.25) is 0 Å². The Morgan fingerprint density at radius 2 is 1.72 bits per heavy atom. The molecule has 0 radical (unpaired) electrons. The molecule has 0 N–H and O–H groups in total. The highest BCUT2D eigenvalue weighted by molar-refractivity contribution is 5.81. The molecule has 0 aromatic carbocycles. The largest absolute Gasteiger partial charge is 0.342 e. The lowest BCUT2D eigenvalue weighted by Gasteiger charge is -2.34. The molecule has 1 aromatic rings. The van der Waals surface area contributed by atoms with Crippen LogP contribution in [-0.4, -0.2) is 62.6 Å². The van der Waals surface area contributed by atoms with Gasteiger partial charge in [0.05, 0.1) is 12.5 Å². The minimum absolute atomic E-state index is 0.0951. The molecule has 0 saturated carbocycles. The summed E-state index contributed by atoms with van der Waals surface area (Å²) < 4.78 is 1.81. The first-order chi connectivity index (χ1) is 12.0. The molecule has 0 bridgehead atoms. The lowest BCUT2D eigenvalue weighted by Crippen LogP contribution is -2.45. The lowest BCUT2D eigenvalue weighted by atomic mass is 9.94.